The van der Waals surface area contributed by atoms with E-state index in [0.717, 1.165) is 35.4 Å². The predicted octanol–water partition coefficient (Wildman–Crippen LogP) is 5.01. The van der Waals surface area contributed by atoms with E-state index >= 15 is 0 Å². The van der Waals surface area contributed by atoms with Crippen molar-refractivity contribution in [1.29, 1.82) is 0 Å². The average molecular weight is 495 g/mol. The van der Waals surface area contributed by atoms with Crippen molar-refractivity contribution in [2.75, 3.05) is 12.4 Å². The molecule has 0 heterocycles. The van der Waals surface area contributed by atoms with Crippen molar-refractivity contribution in [3.05, 3.63) is 59.2 Å². The first kappa shape index (κ1) is 22.5. The van der Waals surface area contributed by atoms with Crippen LogP contribution in [-0.4, -0.2) is 19.2 Å². The van der Waals surface area contributed by atoms with E-state index in [1.165, 1.54) is 18.4 Å². The van der Waals surface area contributed by atoms with Gasteiger partial charge in [0, 0.05) is 23.9 Å². The van der Waals surface area contributed by atoms with E-state index in [0.29, 0.717) is 25.2 Å². The largest absolute Gasteiger partial charge is 0.490 e. The first-order valence-electron chi connectivity index (χ1n) is 9.55. The fraction of sp³-hybridized carbons (Fsp3) is 0.409. The Hall–Kier alpha value is -1.80. The Balaban J connectivity index is 0.00000280. The SMILES string of the molecule is COCc1ccccc1NC(N)=NCc1ccc(C)cc1OC1CCCC1.I. The van der Waals surface area contributed by atoms with Gasteiger partial charge in [-0.15, -0.1) is 24.0 Å². The lowest BCUT2D eigenvalue weighted by atomic mass is 10.1. The first-order chi connectivity index (χ1) is 13.2. The molecule has 0 amide bonds. The van der Waals surface area contributed by atoms with Crippen LogP contribution in [0.25, 0.3) is 0 Å². The molecule has 0 bridgehead atoms. The van der Waals surface area contributed by atoms with Crippen molar-refractivity contribution >= 4 is 35.6 Å². The van der Waals surface area contributed by atoms with Crippen LogP contribution < -0.4 is 15.8 Å². The molecule has 0 unspecified atom stereocenters. The van der Waals surface area contributed by atoms with Gasteiger partial charge in [0.25, 0.3) is 0 Å². The van der Waals surface area contributed by atoms with Crippen LogP contribution in [0.15, 0.2) is 47.5 Å². The lowest BCUT2D eigenvalue weighted by molar-refractivity contribution is 0.185. The maximum absolute atomic E-state index is 6.24. The van der Waals surface area contributed by atoms with Crippen LogP contribution in [-0.2, 0) is 17.9 Å². The molecule has 2 aromatic carbocycles. The highest BCUT2D eigenvalue weighted by Gasteiger charge is 2.18. The number of aryl methyl sites for hydroxylation is 1. The van der Waals surface area contributed by atoms with Crippen LogP contribution >= 0.6 is 24.0 Å². The maximum Gasteiger partial charge on any atom is 0.193 e. The lowest BCUT2D eigenvalue weighted by Crippen LogP contribution is -2.23. The molecule has 1 aliphatic carbocycles. The highest BCUT2D eigenvalue weighted by molar-refractivity contribution is 14.0. The monoisotopic (exact) mass is 495 g/mol. The molecule has 3 rings (SSSR count). The molecule has 0 atom stereocenters. The van der Waals surface area contributed by atoms with Gasteiger partial charge in [-0.3, -0.25) is 0 Å². The van der Waals surface area contributed by atoms with Gasteiger partial charge in [0.15, 0.2) is 5.96 Å². The highest BCUT2D eigenvalue weighted by atomic mass is 127. The van der Waals surface area contributed by atoms with Crippen molar-refractivity contribution in [1.82, 2.24) is 0 Å². The summed E-state index contributed by atoms with van der Waals surface area (Å²) in [4.78, 5) is 4.52. The van der Waals surface area contributed by atoms with E-state index in [-0.39, 0.29) is 24.0 Å². The van der Waals surface area contributed by atoms with Gasteiger partial charge < -0.3 is 20.5 Å². The number of ether oxygens (including phenoxy) is 2. The van der Waals surface area contributed by atoms with Gasteiger partial charge in [-0.05, 0) is 50.3 Å². The number of halogens is 1. The molecule has 5 nitrogen and oxygen atoms in total. The number of nitrogens with one attached hydrogen (secondary N) is 1. The Morgan fingerprint density at radius 1 is 1.14 bits per heavy atom. The minimum Gasteiger partial charge on any atom is -0.490 e. The summed E-state index contributed by atoms with van der Waals surface area (Å²) in [5.41, 5.74) is 10.3. The summed E-state index contributed by atoms with van der Waals surface area (Å²) in [5, 5.41) is 3.18. The molecule has 1 fully saturated rings. The number of rotatable bonds is 7. The number of nitrogens with two attached hydrogens (primary N) is 1. The summed E-state index contributed by atoms with van der Waals surface area (Å²) in [5.74, 6) is 1.31. The molecule has 2 aromatic rings. The van der Waals surface area contributed by atoms with Crippen molar-refractivity contribution in [2.45, 2.75) is 51.9 Å². The van der Waals surface area contributed by atoms with Crippen molar-refractivity contribution < 1.29 is 9.47 Å². The van der Waals surface area contributed by atoms with Gasteiger partial charge in [0.1, 0.15) is 5.75 Å². The number of anilines is 1. The van der Waals surface area contributed by atoms with E-state index in [4.69, 9.17) is 15.2 Å². The second-order valence-electron chi connectivity index (χ2n) is 7.05. The number of aliphatic imine (C=N–C) groups is 1. The number of nitrogens with zero attached hydrogens (tertiary/aromatic N) is 1. The summed E-state index contributed by atoms with van der Waals surface area (Å²) in [6.45, 7) is 3.08. The van der Waals surface area contributed by atoms with Gasteiger partial charge in [0.05, 0.1) is 19.3 Å². The Morgan fingerprint density at radius 2 is 1.89 bits per heavy atom. The highest BCUT2D eigenvalue weighted by Crippen LogP contribution is 2.28. The maximum atomic E-state index is 6.24. The summed E-state index contributed by atoms with van der Waals surface area (Å²) < 4.78 is 11.5. The molecule has 0 saturated heterocycles. The molecule has 3 N–H and O–H groups in total. The Kier molecular flexibility index (Phi) is 9.05. The minimum atomic E-state index is 0. The molecular weight excluding hydrogens is 465 g/mol. The number of hydrogen-bond donors (Lipinski definition) is 2. The fourth-order valence-corrected chi connectivity index (χ4v) is 3.36. The zero-order chi connectivity index (χ0) is 19.1. The molecule has 1 saturated carbocycles. The van der Waals surface area contributed by atoms with Crippen LogP contribution in [0.3, 0.4) is 0 Å². The topological polar surface area (TPSA) is 68.9 Å². The van der Waals surface area contributed by atoms with Gasteiger partial charge in [0.2, 0.25) is 0 Å². The summed E-state index contributed by atoms with van der Waals surface area (Å²) in [6.07, 6.45) is 5.10. The normalized spacial score (nSPS) is 14.6. The van der Waals surface area contributed by atoms with E-state index < -0.39 is 0 Å². The van der Waals surface area contributed by atoms with Crippen LogP contribution in [0.1, 0.15) is 42.4 Å². The van der Waals surface area contributed by atoms with E-state index in [9.17, 15) is 0 Å². The molecule has 0 aliphatic heterocycles. The van der Waals surface area contributed by atoms with Gasteiger partial charge >= 0.3 is 0 Å². The molecule has 6 heteroatoms. The van der Waals surface area contributed by atoms with Gasteiger partial charge in [-0.25, -0.2) is 4.99 Å². The fourth-order valence-electron chi connectivity index (χ4n) is 3.36. The van der Waals surface area contributed by atoms with E-state index in [1.54, 1.807) is 7.11 Å². The molecule has 28 heavy (non-hydrogen) atoms. The number of benzene rings is 2. The Bertz CT molecular complexity index is 789. The van der Waals surface area contributed by atoms with Gasteiger partial charge in [-0.2, -0.15) is 0 Å². The zero-order valence-corrected chi connectivity index (χ0v) is 18.9. The average Bonchev–Trinajstić information content (AvgIpc) is 3.16. The Morgan fingerprint density at radius 3 is 2.64 bits per heavy atom. The molecule has 0 aromatic heterocycles. The standard InChI is InChI=1S/C22H29N3O2.HI/c1-16-11-12-17(21(13-16)27-19-8-4-5-9-19)14-24-22(23)25-20-10-6-3-7-18(20)15-26-2;/h3,6-7,10-13,19H,4-5,8-9,14-15H2,1-2H3,(H3,23,24,25);1H. The van der Waals surface area contributed by atoms with E-state index in [1.807, 2.05) is 24.3 Å². The molecule has 1 aliphatic rings. The quantitative estimate of drug-likeness (QED) is 0.322. The molecular formula is C22H30IN3O2. The molecule has 0 spiro atoms. The summed E-state index contributed by atoms with van der Waals surface area (Å²) >= 11 is 0. The van der Waals surface area contributed by atoms with Crippen molar-refractivity contribution in [2.24, 2.45) is 10.7 Å². The van der Waals surface area contributed by atoms with Crippen molar-refractivity contribution in [3.8, 4) is 5.75 Å². The number of para-hydroxylation sites is 1. The third kappa shape index (κ3) is 6.38. The second-order valence-corrected chi connectivity index (χ2v) is 7.05. The molecule has 152 valence electrons. The Labute approximate surface area is 184 Å². The predicted molar refractivity (Wildman–Crippen MR) is 126 cm³/mol. The lowest BCUT2D eigenvalue weighted by Gasteiger charge is -2.17. The summed E-state index contributed by atoms with van der Waals surface area (Å²) in [6, 6.07) is 14.2. The minimum absolute atomic E-state index is 0. The van der Waals surface area contributed by atoms with Crippen LogP contribution in [0.4, 0.5) is 5.69 Å². The van der Waals surface area contributed by atoms with Crippen LogP contribution in [0.2, 0.25) is 0 Å². The molecule has 0 radical (unpaired) electrons. The number of methoxy groups -OCH3 is 1. The number of guanidine groups is 1. The first-order valence-corrected chi connectivity index (χ1v) is 9.55. The third-order valence-corrected chi connectivity index (χ3v) is 4.82. The number of hydrogen-bond acceptors (Lipinski definition) is 3. The zero-order valence-electron chi connectivity index (χ0n) is 16.6. The van der Waals surface area contributed by atoms with Crippen LogP contribution in [0, 0.1) is 6.92 Å². The smallest absolute Gasteiger partial charge is 0.193 e. The third-order valence-electron chi connectivity index (χ3n) is 4.82. The second kappa shape index (κ2) is 11.3. The van der Waals surface area contributed by atoms with Gasteiger partial charge in [-0.1, -0.05) is 30.3 Å². The summed E-state index contributed by atoms with van der Waals surface area (Å²) in [7, 11) is 1.68. The van der Waals surface area contributed by atoms with E-state index in [2.05, 4.69) is 35.4 Å². The van der Waals surface area contributed by atoms with Crippen molar-refractivity contribution in [3.63, 3.8) is 0 Å². The van der Waals surface area contributed by atoms with Crippen LogP contribution in [0.5, 0.6) is 5.75 Å².